The Bertz CT molecular complexity index is 83.7. The molecule has 3 heteroatoms. The molecule has 0 spiro atoms. The Balaban J connectivity index is 2.02. The fourth-order valence-electron chi connectivity index (χ4n) is 1.18. The molecule has 0 bridgehead atoms. The lowest BCUT2D eigenvalue weighted by Gasteiger charge is -2.22. The summed E-state index contributed by atoms with van der Waals surface area (Å²) in [5, 5.41) is 3.28. The second-order valence-corrected chi connectivity index (χ2v) is 3.34. The van der Waals surface area contributed by atoms with E-state index in [-0.39, 0.29) is 0 Å². The van der Waals surface area contributed by atoms with E-state index in [4.69, 9.17) is 4.74 Å². The third-order valence-corrected chi connectivity index (χ3v) is 2.28. The molecule has 1 aliphatic rings. The molecule has 0 saturated carbocycles. The maximum absolute atomic E-state index is 5.51. The quantitative estimate of drug-likeness (QED) is 0.469. The molecule has 2 nitrogen and oxygen atoms in total. The normalized spacial score (nSPS) is 26.7. The molecule has 1 atom stereocenters. The number of nitrogens with one attached hydrogen (secondary N) is 1. The zero-order valence-corrected chi connectivity index (χ0v) is 8.26. The van der Waals surface area contributed by atoms with Crippen LogP contribution in [-0.2, 0) is 4.74 Å². The van der Waals surface area contributed by atoms with Crippen molar-refractivity contribution in [2.75, 3.05) is 17.7 Å². The van der Waals surface area contributed by atoms with Gasteiger partial charge in [0.25, 0.3) is 0 Å². The Morgan fingerprint density at radius 3 is 3.00 bits per heavy atom. The molecule has 10 heavy (non-hydrogen) atoms. The van der Waals surface area contributed by atoms with E-state index in [0.717, 1.165) is 17.7 Å². The van der Waals surface area contributed by atoms with Crippen molar-refractivity contribution in [1.82, 2.24) is 5.32 Å². The fraction of sp³-hybridized carbons (Fsp3) is 1.00. The highest BCUT2D eigenvalue weighted by Crippen LogP contribution is 2.11. The molecule has 0 amide bonds. The lowest BCUT2D eigenvalue weighted by atomic mass is 10.1. The van der Waals surface area contributed by atoms with E-state index in [1.807, 2.05) is 0 Å². The number of hydrogen-bond acceptors (Lipinski definition) is 2. The third-order valence-electron chi connectivity index (χ3n) is 1.74. The summed E-state index contributed by atoms with van der Waals surface area (Å²) in [5.41, 5.74) is 0. The van der Waals surface area contributed by atoms with Gasteiger partial charge < -0.3 is 10.1 Å². The zero-order valence-electron chi connectivity index (χ0n) is 6.11. The standard InChI is InChI=1S/C7H14INO/c8-6-9-5-7-3-1-2-4-10-7/h7,9H,1-6H2. The monoisotopic (exact) mass is 255 g/mol. The maximum Gasteiger partial charge on any atom is 0.0699 e. The van der Waals surface area contributed by atoms with Crippen LogP contribution >= 0.6 is 22.6 Å². The summed E-state index contributed by atoms with van der Waals surface area (Å²) in [7, 11) is 0. The van der Waals surface area contributed by atoms with Crippen molar-refractivity contribution in [3.8, 4) is 0 Å². The van der Waals surface area contributed by atoms with E-state index in [9.17, 15) is 0 Å². The van der Waals surface area contributed by atoms with Gasteiger partial charge in [-0.05, 0) is 19.3 Å². The average molecular weight is 255 g/mol. The second-order valence-electron chi connectivity index (χ2n) is 2.58. The Morgan fingerprint density at radius 2 is 2.40 bits per heavy atom. The zero-order chi connectivity index (χ0) is 7.23. The Labute approximate surface area is 75.8 Å². The minimum Gasteiger partial charge on any atom is -0.377 e. The van der Waals surface area contributed by atoms with Crippen molar-refractivity contribution in [2.45, 2.75) is 25.4 Å². The predicted octanol–water partition coefficient (Wildman–Crippen LogP) is 1.54. The Morgan fingerprint density at radius 1 is 1.50 bits per heavy atom. The molecular formula is C7H14INO. The smallest absolute Gasteiger partial charge is 0.0699 e. The summed E-state index contributed by atoms with van der Waals surface area (Å²) < 4.78 is 6.54. The van der Waals surface area contributed by atoms with Gasteiger partial charge in [0.05, 0.1) is 6.10 Å². The highest BCUT2D eigenvalue weighted by Gasteiger charge is 2.11. The van der Waals surface area contributed by atoms with E-state index in [0.29, 0.717) is 6.10 Å². The van der Waals surface area contributed by atoms with Crippen LogP contribution in [0.5, 0.6) is 0 Å². The van der Waals surface area contributed by atoms with Crippen molar-refractivity contribution < 1.29 is 4.74 Å². The second kappa shape index (κ2) is 5.32. The molecule has 0 aromatic carbocycles. The van der Waals surface area contributed by atoms with E-state index < -0.39 is 0 Å². The SMILES string of the molecule is ICNCC1CCCCO1. The molecule has 60 valence electrons. The summed E-state index contributed by atoms with van der Waals surface area (Å²) in [6.07, 6.45) is 4.32. The van der Waals surface area contributed by atoms with Crippen LogP contribution in [0.1, 0.15) is 19.3 Å². The topological polar surface area (TPSA) is 21.3 Å². The number of ether oxygens (including phenoxy) is 1. The van der Waals surface area contributed by atoms with E-state index in [2.05, 4.69) is 27.9 Å². The van der Waals surface area contributed by atoms with Crippen molar-refractivity contribution in [3.05, 3.63) is 0 Å². The molecule has 1 aliphatic heterocycles. The van der Waals surface area contributed by atoms with Gasteiger partial charge in [-0.3, -0.25) is 0 Å². The summed E-state index contributed by atoms with van der Waals surface area (Å²) in [6, 6.07) is 0. The van der Waals surface area contributed by atoms with Crippen LogP contribution in [0.4, 0.5) is 0 Å². The van der Waals surface area contributed by atoms with Crippen LogP contribution in [0, 0.1) is 0 Å². The van der Waals surface area contributed by atoms with Crippen LogP contribution in [-0.4, -0.2) is 23.8 Å². The summed E-state index contributed by atoms with van der Waals surface area (Å²) >= 11 is 2.32. The molecule has 1 unspecified atom stereocenters. The van der Waals surface area contributed by atoms with Gasteiger partial charge in [0, 0.05) is 17.7 Å². The van der Waals surface area contributed by atoms with E-state index in [1.165, 1.54) is 19.3 Å². The Hall–Kier alpha value is 0.650. The Kier molecular flexibility index (Phi) is 4.65. The van der Waals surface area contributed by atoms with Gasteiger partial charge in [-0.25, -0.2) is 0 Å². The van der Waals surface area contributed by atoms with Crippen LogP contribution < -0.4 is 5.32 Å². The van der Waals surface area contributed by atoms with Crippen molar-refractivity contribution in [3.63, 3.8) is 0 Å². The first-order valence-electron chi connectivity index (χ1n) is 3.82. The predicted molar refractivity (Wildman–Crippen MR) is 50.5 cm³/mol. The first kappa shape index (κ1) is 8.74. The van der Waals surface area contributed by atoms with Gasteiger partial charge in [-0.2, -0.15) is 0 Å². The van der Waals surface area contributed by atoms with Crippen LogP contribution in [0.15, 0.2) is 0 Å². The summed E-state index contributed by atoms with van der Waals surface area (Å²) in [4.78, 5) is 0. The van der Waals surface area contributed by atoms with Gasteiger partial charge in [-0.15, -0.1) is 0 Å². The molecule has 1 heterocycles. The van der Waals surface area contributed by atoms with Crippen LogP contribution in [0.25, 0.3) is 0 Å². The van der Waals surface area contributed by atoms with Gasteiger partial charge in [0.1, 0.15) is 0 Å². The fourth-order valence-corrected chi connectivity index (χ4v) is 1.50. The minimum atomic E-state index is 0.489. The third kappa shape index (κ3) is 3.16. The summed E-state index contributed by atoms with van der Waals surface area (Å²) in [6.45, 7) is 2.00. The molecule has 1 rings (SSSR count). The summed E-state index contributed by atoms with van der Waals surface area (Å²) in [5.74, 6) is 0. The van der Waals surface area contributed by atoms with E-state index >= 15 is 0 Å². The molecule has 0 aromatic heterocycles. The van der Waals surface area contributed by atoms with Crippen LogP contribution in [0.2, 0.25) is 0 Å². The molecule has 1 fully saturated rings. The lowest BCUT2D eigenvalue weighted by molar-refractivity contribution is 0.0179. The van der Waals surface area contributed by atoms with Gasteiger partial charge in [0.2, 0.25) is 0 Å². The largest absolute Gasteiger partial charge is 0.377 e. The molecule has 0 aliphatic carbocycles. The van der Waals surface area contributed by atoms with Crippen molar-refractivity contribution in [1.29, 1.82) is 0 Å². The minimum absolute atomic E-state index is 0.489. The number of hydrogen-bond donors (Lipinski definition) is 1. The average Bonchev–Trinajstić information content (AvgIpc) is 2.03. The molecular weight excluding hydrogens is 241 g/mol. The molecule has 1 saturated heterocycles. The number of halogens is 1. The number of rotatable bonds is 3. The highest BCUT2D eigenvalue weighted by atomic mass is 127. The van der Waals surface area contributed by atoms with Crippen molar-refractivity contribution in [2.24, 2.45) is 0 Å². The van der Waals surface area contributed by atoms with Crippen LogP contribution in [0.3, 0.4) is 0 Å². The maximum atomic E-state index is 5.51. The molecule has 1 N–H and O–H groups in total. The number of alkyl halides is 1. The first-order chi connectivity index (χ1) is 4.93. The van der Waals surface area contributed by atoms with Crippen molar-refractivity contribution >= 4 is 22.6 Å². The molecule has 0 radical (unpaired) electrons. The highest BCUT2D eigenvalue weighted by molar-refractivity contribution is 14.1. The lowest BCUT2D eigenvalue weighted by Crippen LogP contribution is -2.30. The van der Waals surface area contributed by atoms with Gasteiger partial charge >= 0.3 is 0 Å². The van der Waals surface area contributed by atoms with Gasteiger partial charge in [0.15, 0.2) is 0 Å². The van der Waals surface area contributed by atoms with Gasteiger partial charge in [-0.1, -0.05) is 22.6 Å². The van der Waals surface area contributed by atoms with E-state index in [1.54, 1.807) is 0 Å². The molecule has 0 aromatic rings. The first-order valence-corrected chi connectivity index (χ1v) is 5.34.